The van der Waals surface area contributed by atoms with Gasteiger partial charge in [0.1, 0.15) is 19.2 Å². The van der Waals surface area contributed by atoms with Gasteiger partial charge in [-0.1, -0.05) is 58.2 Å². The Hall–Kier alpha value is -3.80. The summed E-state index contributed by atoms with van der Waals surface area (Å²) in [6.45, 7) is 6.04. The monoisotopic (exact) mass is 655 g/mol. The van der Waals surface area contributed by atoms with E-state index < -0.39 is 47.9 Å². The first-order valence-corrected chi connectivity index (χ1v) is 17.1. The number of benzene rings is 1. The molecule has 11 nitrogen and oxygen atoms in total. The highest BCUT2D eigenvalue weighted by Crippen LogP contribution is 2.23. The maximum Gasteiger partial charge on any atom is 0.243 e. The van der Waals surface area contributed by atoms with Crippen molar-refractivity contribution in [2.24, 2.45) is 5.92 Å². The number of hydrogen-bond donors (Lipinski definition) is 3. The Morgan fingerprint density at radius 3 is 2.45 bits per heavy atom. The van der Waals surface area contributed by atoms with Gasteiger partial charge < -0.3 is 20.8 Å². The molecule has 0 spiro atoms. The second kappa shape index (κ2) is 16.9. The topological polar surface area (TPSA) is 139 Å². The number of Topliss-reactive ketones (excluding diaryl/α,β-unsaturated/α-hetero) is 2. The van der Waals surface area contributed by atoms with Gasteiger partial charge in [-0.15, -0.1) is 0 Å². The molecular weight excluding hydrogens is 605 g/mol. The Morgan fingerprint density at radius 2 is 1.72 bits per heavy atom. The molecule has 6 atom stereocenters. The summed E-state index contributed by atoms with van der Waals surface area (Å²) in [4.78, 5) is 74.6. The number of hydrogen-bond acceptors (Lipinski definition) is 7. The van der Waals surface area contributed by atoms with E-state index in [1.54, 1.807) is 17.9 Å². The number of ketones is 2. The molecule has 258 valence electrons. The fourth-order valence-electron chi connectivity index (χ4n) is 6.63. The normalized spacial score (nSPS) is 24.5. The van der Waals surface area contributed by atoms with Crippen LogP contribution >= 0.6 is 0 Å². The predicted molar refractivity (Wildman–Crippen MR) is 176 cm³/mol. The average molecular weight is 656 g/mol. The van der Waals surface area contributed by atoms with Crippen molar-refractivity contribution in [2.75, 3.05) is 20.2 Å². The first-order chi connectivity index (χ1) is 22.6. The van der Waals surface area contributed by atoms with E-state index in [0.29, 0.717) is 32.2 Å². The lowest BCUT2D eigenvalue weighted by molar-refractivity contribution is -0.134. The van der Waals surface area contributed by atoms with Gasteiger partial charge in [0, 0.05) is 24.4 Å². The summed E-state index contributed by atoms with van der Waals surface area (Å²) >= 11 is 0. The number of nitrogens with one attached hydrogen (secondary N) is 3. The maximum absolute atomic E-state index is 14.2. The van der Waals surface area contributed by atoms with Gasteiger partial charge >= 0.3 is 0 Å². The molecule has 47 heavy (non-hydrogen) atoms. The highest BCUT2D eigenvalue weighted by Gasteiger charge is 2.38. The second-order valence-electron chi connectivity index (χ2n) is 12.9. The maximum atomic E-state index is 14.2. The van der Waals surface area contributed by atoms with Crippen molar-refractivity contribution in [2.45, 2.75) is 115 Å². The average Bonchev–Trinajstić information content (AvgIpc) is 3.44. The van der Waals surface area contributed by atoms with Gasteiger partial charge in [0.15, 0.2) is 17.7 Å². The lowest BCUT2D eigenvalue weighted by atomic mass is 9.93. The van der Waals surface area contributed by atoms with E-state index in [2.05, 4.69) is 16.0 Å². The number of alkyl halides is 1. The number of amides is 3. The molecular formula is C35H50FN5O6. The summed E-state index contributed by atoms with van der Waals surface area (Å²) in [7, 11) is 1.54. The minimum Gasteiger partial charge on any atom is -0.417 e. The van der Waals surface area contributed by atoms with Crippen LogP contribution in [0.1, 0.15) is 84.1 Å². The number of piperidine rings is 1. The van der Waals surface area contributed by atoms with E-state index in [9.17, 15) is 28.4 Å². The minimum absolute atomic E-state index is 0.00868. The largest absolute Gasteiger partial charge is 0.417 e. The third kappa shape index (κ3) is 8.97. The molecule has 3 amide bonds. The fourth-order valence-corrected chi connectivity index (χ4v) is 6.63. The summed E-state index contributed by atoms with van der Waals surface area (Å²) in [5, 5.41) is 9.61. The third-order valence-corrected chi connectivity index (χ3v) is 9.68. The number of fused-ring (bicyclic) bond motifs is 2. The van der Waals surface area contributed by atoms with Crippen LogP contribution in [0.2, 0.25) is 0 Å². The van der Waals surface area contributed by atoms with Crippen LogP contribution in [-0.2, 0) is 30.4 Å². The van der Waals surface area contributed by atoms with Gasteiger partial charge in [-0.3, -0.25) is 28.9 Å². The molecule has 3 heterocycles. The standard InChI is InChI=1S/C35H50FN5O6/c1-5-22(3)32-31(43)21-40-18-12-11-17-29(40)35(46)37-26(15-9-8-14-25(36)30(42)6-2)33(44)38-27(34(45)39-32)19-23-20-41(47-4)28-16-10-7-13-24(23)28/h7,10,13,16,20,22,25-27,29,32H,5-6,8-9,11-12,14-15,17-19,21H2,1-4H3,(H,37,46)(H,38,44)(H,39,45)/t22-,25?,26-,27-,29+,32-/m0/s1. The molecule has 0 radical (unpaired) electrons. The smallest absolute Gasteiger partial charge is 0.243 e. The van der Waals surface area contributed by atoms with Gasteiger partial charge in [0.25, 0.3) is 0 Å². The SMILES string of the molecule is CCC(=O)C(F)CCCC[C@@H]1NC(=O)[C@H]2CCCCN2CC(=O)[C@H]([C@@H](C)CC)NC(=O)[C@H](Cc2cn(OC)c3ccccc23)NC1=O. The van der Waals surface area contributed by atoms with Crippen LogP contribution in [0.5, 0.6) is 0 Å². The van der Waals surface area contributed by atoms with Crippen molar-refractivity contribution < 1.29 is 33.2 Å². The van der Waals surface area contributed by atoms with Crippen molar-refractivity contribution in [3.8, 4) is 0 Å². The first-order valence-electron chi connectivity index (χ1n) is 17.1. The van der Waals surface area contributed by atoms with Gasteiger partial charge in [-0.25, -0.2) is 4.39 Å². The lowest BCUT2D eigenvalue weighted by Gasteiger charge is -2.36. The Bertz CT molecular complexity index is 1430. The molecule has 12 heteroatoms. The summed E-state index contributed by atoms with van der Waals surface area (Å²) in [5.74, 6) is -2.18. The molecule has 0 aliphatic carbocycles. The van der Waals surface area contributed by atoms with Crippen LogP contribution in [-0.4, -0.2) is 89.5 Å². The first kappa shape index (κ1) is 36.0. The molecule has 2 aromatic rings. The molecule has 2 fully saturated rings. The second-order valence-corrected chi connectivity index (χ2v) is 12.9. The zero-order valence-electron chi connectivity index (χ0n) is 28.1. The molecule has 3 N–H and O–H groups in total. The van der Waals surface area contributed by atoms with Crippen molar-refractivity contribution >= 4 is 40.2 Å². The number of halogens is 1. The lowest BCUT2D eigenvalue weighted by Crippen LogP contribution is -2.57. The Kier molecular flexibility index (Phi) is 12.9. The zero-order chi connectivity index (χ0) is 34.1. The van der Waals surface area contributed by atoms with E-state index >= 15 is 0 Å². The fraction of sp³-hybridized carbons (Fsp3) is 0.629. The highest BCUT2D eigenvalue weighted by molar-refractivity contribution is 5.97. The van der Waals surface area contributed by atoms with E-state index in [1.807, 2.05) is 43.0 Å². The highest BCUT2D eigenvalue weighted by atomic mass is 19.1. The summed E-state index contributed by atoms with van der Waals surface area (Å²) in [6, 6.07) is 4.09. The summed E-state index contributed by atoms with van der Waals surface area (Å²) < 4.78 is 15.8. The number of carbonyl (C=O) groups is 5. The Labute approximate surface area is 276 Å². The van der Waals surface area contributed by atoms with Gasteiger partial charge in [0.2, 0.25) is 17.7 Å². The predicted octanol–water partition coefficient (Wildman–Crippen LogP) is 3.06. The number of para-hydroxylation sites is 1. The van der Waals surface area contributed by atoms with Crippen LogP contribution in [0, 0.1) is 5.92 Å². The van der Waals surface area contributed by atoms with E-state index in [1.165, 1.54) is 7.11 Å². The van der Waals surface area contributed by atoms with Crippen LogP contribution in [0.25, 0.3) is 10.9 Å². The molecule has 4 rings (SSSR count). The zero-order valence-corrected chi connectivity index (χ0v) is 28.1. The Morgan fingerprint density at radius 1 is 1.00 bits per heavy atom. The van der Waals surface area contributed by atoms with E-state index in [0.717, 1.165) is 29.3 Å². The van der Waals surface area contributed by atoms with Crippen molar-refractivity contribution in [3.63, 3.8) is 0 Å². The van der Waals surface area contributed by atoms with Crippen LogP contribution in [0.15, 0.2) is 30.5 Å². The molecule has 0 saturated carbocycles. The summed E-state index contributed by atoms with van der Waals surface area (Å²) in [5.41, 5.74) is 1.55. The molecule has 2 saturated heterocycles. The van der Waals surface area contributed by atoms with E-state index in [-0.39, 0.29) is 49.8 Å². The molecule has 1 aromatic heterocycles. The van der Waals surface area contributed by atoms with Crippen molar-refractivity contribution in [1.29, 1.82) is 0 Å². The number of rotatable bonds is 12. The Balaban J connectivity index is 1.67. The van der Waals surface area contributed by atoms with Gasteiger partial charge in [-0.2, -0.15) is 4.73 Å². The number of unbranched alkanes of at least 4 members (excludes halogenated alkanes) is 1. The number of carbonyl (C=O) groups excluding carboxylic acids is 5. The molecule has 2 aliphatic rings. The summed E-state index contributed by atoms with van der Waals surface area (Å²) in [6.07, 6.45) is 4.24. The molecule has 2 aliphatic heterocycles. The number of aromatic nitrogens is 1. The number of nitrogens with zero attached hydrogens (tertiary/aromatic N) is 2. The minimum atomic E-state index is -1.56. The van der Waals surface area contributed by atoms with Gasteiger partial charge in [0.05, 0.1) is 24.1 Å². The van der Waals surface area contributed by atoms with E-state index in [4.69, 9.17) is 4.84 Å². The quantitative estimate of drug-likeness (QED) is 0.299. The van der Waals surface area contributed by atoms with Crippen molar-refractivity contribution in [3.05, 3.63) is 36.0 Å². The van der Waals surface area contributed by atoms with Crippen LogP contribution < -0.4 is 20.8 Å². The molecule has 1 unspecified atom stereocenters. The van der Waals surface area contributed by atoms with Crippen molar-refractivity contribution in [1.82, 2.24) is 25.6 Å². The van der Waals surface area contributed by atoms with Crippen LogP contribution in [0.4, 0.5) is 4.39 Å². The van der Waals surface area contributed by atoms with Crippen LogP contribution in [0.3, 0.4) is 0 Å². The molecule has 0 bridgehead atoms. The molecule has 1 aromatic carbocycles. The third-order valence-electron chi connectivity index (χ3n) is 9.68. The van der Waals surface area contributed by atoms with Gasteiger partial charge in [-0.05, 0) is 56.2 Å².